The predicted octanol–water partition coefficient (Wildman–Crippen LogP) is 9.03. The van der Waals surface area contributed by atoms with E-state index in [1.807, 2.05) is 26.0 Å². The van der Waals surface area contributed by atoms with Crippen molar-refractivity contribution < 1.29 is 48.3 Å². The fourth-order valence-electron chi connectivity index (χ4n) is 12.3. The van der Waals surface area contributed by atoms with Crippen molar-refractivity contribution in [3.05, 3.63) is 66.4 Å². The molecule has 4 aliphatic rings. The van der Waals surface area contributed by atoms with Crippen molar-refractivity contribution in [2.45, 2.75) is 174 Å². The van der Waals surface area contributed by atoms with Gasteiger partial charge in [0, 0.05) is 76.2 Å². The molecule has 1 aromatic heterocycles. The molecular weight excluding hydrogens is 861 g/mol. The molecule has 1 aromatic carbocycles. The quantitative estimate of drug-likeness (QED) is 0.174. The molecule has 1 amide bonds. The number of ketones is 3. The van der Waals surface area contributed by atoms with Gasteiger partial charge in [0.2, 0.25) is 0 Å². The van der Waals surface area contributed by atoms with Gasteiger partial charge in [-0.3, -0.25) is 19.2 Å². The normalized spacial score (nSPS) is 36.4. The molecule has 3 fully saturated rings. The van der Waals surface area contributed by atoms with Gasteiger partial charge in [0.1, 0.15) is 23.2 Å². The van der Waals surface area contributed by atoms with Gasteiger partial charge in [0.05, 0.1) is 30.5 Å². The Morgan fingerprint density at radius 2 is 1.60 bits per heavy atom. The second kappa shape index (κ2) is 23.8. The fraction of sp³-hybridized carbons (Fsp3) is 0.679. The summed E-state index contributed by atoms with van der Waals surface area (Å²) >= 11 is 0. The summed E-state index contributed by atoms with van der Waals surface area (Å²) in [7, 11) is 4.91. The number of amides is 1. The smallest absolute Gasteiger partial charge is 0.293 e. The highest BCUT2D eigenvalue weighted by molar-refractivity contribution is 6.39. The molecule has 2 aromatic rings. The Balaban J connectivity index is 1.30. The molecule has 2 bridgehead atoms. The molecule has 2 aliphatic heterocycles. The first-order chi connectivity index (χ1) is 32.5. The van der Waals surface area contributed by atoms with Gasteiger partial charge >= 0.3 is 0 Å². The van der Waals surface area contributed by atoms with E-state index < -0.39 is 53.3 Å². The van der Waals surface area contributed by atoms with Crippen LogP contribution in [0.3, 0.4) is 0 Å². The van der Waals surface area contributed by atoms with Gasteiger partial charge in [0.15, 0.2) is 5.78 Å². The van der Waals surface area contributed by atoms with Crippen molar-refractivity contribution in [3.8, 4) is 5.75 Å². The maximum Gasteiger partial charge on any atom is 0.293 e. The second-order valence-corrected chi connectivity index (χ2v) is 21.0. The van der Waals surface area contributed by atoms with Gasteiger partial charge in [-0.05, 0) is 151 Å². The van der Waals surface area contributed by atoms with E-state index >= 15 is 0 Å². The zero-order chi connectivity index (χ0) is 49.4. The summed E-state index contributed by atoms with van der Waals surface area (Å²) in [6.45, 7) is 17.0. The minimum atomic E-state index is -2.01. The van der Waals surface area contributed by atoms with Crippen LogP contribution >= 0.6 is 0 Å². The molecule has 1 saturated heterocycles. The average molecular weight is 943 g/mol. The Morgan fingerprint density at radius 3 is 2.29 bits per heavy atom. The molecule has 14 atom stereocenters. The number of methoxy groups -OCH3 is 3. The van der Waals surface area contributed by atoms with Crippen molar-refractivity contribution >= 4 is 34.2 Å². The zero-order valence-corrected chi connectivity index (χ0v) is 42.5. The lowest BCUT2D eigenvalue weighted by Gasteiger charge is -2.47. The van der Waals surface area contributed by atoms with Crippen molar-refractivity contribution in [3.63, 3.8) is 0 Å². The second-order valence-electron chi connectivity index (χ2n) is 21.0. The SMILES string of the molecule is C=CCC1/C=C(\C)C(O)C(C)CC(OC)C2CC(O)(C(=O)C(=O)N3CCCCC3C(=O)CC(C(C)=CC3CCC(Oc4ccc5c(ccn5CC)c4)C(OC)C3)C(C)CCC1=O)C(C)CC2OC. The van der Waals surface area contributed by atoms with Crippen molar-refractivity contribution in [2.75, 3.05) is 27.9 Å². The molecule has 68 heavy (non-hydrogen) atoms. The number of benzene rings is 1. The Bertz CT molecular complexity index is 2140. The van der Waals surface area contributed by atoms with E-state index in [0.29, 0.717) is 44.1 Å². The topological polar surface area (TPSA) is 154 Å². The van der Waals surface area contributed by atoms with E-state index in [1.54, 1.807) is 34.3 Å². The highest BCUT2D eigenvalue weighted by atomic mass is 16.5. The standard InChI is InChI=1S/C56H82N2O10/c1-11-15-41-27-36(5)53(61)37(6)28-50(65-8)44-33-56(64,38(7)29-51(44)66-9)54(62)55(63)58-24-14-13-16-46(58)48(60)32-43(34(3)17-21-47(41)59)35(4)26-39-18-22-49(52(30-39)67-10)68-42-19-20-45-40(31-42)23-25-57(45)12-2/h11,19-20,23,25-27,31,34,37-39,41,43-44,46,49-53,61,64H,1,12-18,21-22,24,28-30,32-33H2,2-10H3/b35-26?,36-27+. The minimum absolute atomic E-state index is 0.0489. The Morgan fingerprint density at radius 1 is 0.882 bits per heavy atom. The molecule has 3 heterocycles. The van der Waals surface area contributed by atoms with Gasteiger partial charge in [-0.2, -0.15) is 0 Å². The highest BCUT2D eigenvalue weighted by Gasteiger charge is 2.55. The minimum Gasteiger partial charge on any atom is -0.488 e. The molecule has 2 N–H and O–H groups in total. The summed E-state index contributed by atoms with van der Waals surface area (Å²) in [5.41, 5.74) is 0.888. The average Bonchev–Trinajstić information content (AvgIpc) is 3.76. The molecule has 6 rings (SSSR count). The van der Waals surface area contributed by atoms with E-state index in [9.17, 15) is 29.4 Å². The maximum atomic E-state index is 14.8. The van der Waals surface area contributed by atoms with E-state index in [-0.39, 0.29) is 79.4 Å². The number of nitrogens with zero attached hydrogens (tertiary/aromatic N) is 2. The number of aliphatic hydroxyl groups excluding tert-OH is 1. The number of aromatic nitrogens is 1. The van der Waals surface area contributed by atoms with Crippen LogP contribution in [0, 0.1) is 41.4 Å². The molecule has 0 radical (unpaired) electrons. The molecule has 12 nitrogen and oxygen atoms in total. The monoisotopic (exact) mass is 943 g/mol. The van der Waals surface area contributed by atoms with Crippen LogP contribution in [-0.4, -0.2) is 113 Å². The van der Waals surface area contributed by atoms with Crippen LogP contribution in [0.5, 0.6) is 5.75 Å². The summed E-state index contributed by atoms with van der Waals surface area (Å²) in [6, 6.07) is 7.53. The lowest BCUT2D eigenvalue weighted by Crippen LogP contribution is -2.61. The predicted molar refractivity (Wildman–Crippen MR) is 265 cm³/mol. The number of aliphatic hydroxyl groups is 2. The van der Waals surface area contributed by atoms with E-state index in [4.69, 9.17) is 18.9 Å². The summed E-state index contributed by atoms with van der Waals surface area (Å²) in [5, 5.41) is 25.3. The van der Waals surface area contributed by atoms with Crippen LogP contribution in [0.15, 0.2) is 66.4 Å². The summed E-state index contributed by atoms with van der Waals surface area (Å²) in [5.74, 6) is -3.00. The van der Waals surface area contributed by atoms with Crippen molar-refractivity contribution in [1.82, 2.24) is 9.47 Å². The van der Waals surface area contributed by atoms with Crippen molar-refractivity contribution in [1.29, 1.82) is 0 Å². The Kier molecular flexibility index (Phi) is 18.7. The van der Waals surface area contributed by atoms with Crippen LogP contribution in [0.2, 0.25) is 0 Å². The van der Waals surface area contributed by atoms with Crippen LogP contribution < -0.4 is 4.74 Å². The lowest BCUT2D eigenvalue weighted by molar-refractivity contribution is -0.176. The van der Waals surface area contributed by atoms with E-state index in [0.717, 1.165) is 48.9 Å². The maximum absolute atomic E-state index is 14.8. The largest absolute Gasteiger partial charge is 0.488 e. The van der Waals surface area contributed by atoms with Crippen LogP contribution in [0.25, 0.3) is 10.9 Å². The molecule has 14 unspecified atom stereocenters. The third-order valence-electron chi connectivity index (χ3n) is 16.6. The number of allylic oxidation sites excluding steroid dienone is 4. The number of piperidine rings is 1. The van der Waals surface area contributed by atoms with Gasteiger partial charge < -0.3 is 38.6 Å². The number of carbonyl (C=O) groups is 4. The first-order valence-corrected chi connectivity index (χ1v) is 25.6. The first kappa shape index (κ1) is 53.4. The summed E-state index contributed by atoms with van der Waals surface area (Å²) < 4.78 is 26.9. The summed E-state index contributed by atoms with van der Waals surface area (Å²) in [4.78, 5) is 59.5. The Hall–Kier alpha value is -3.94. The van der Waals surface area contributed by atoms with Gasteiger partial charge in [-0.1, -0.05) is 44.6 Å². The molecule has 376 valence electrons. The Labute approximate surface area is 405 Å². The molecule has 2 saturated carbocycles. The number of Topliss-reactive ketones (excluding diaryl/α,β-unsaturated/α-hetero) is 3. The number of aryl methyl sites for hydroxylation is 1. The van der Waals surface area contributed by atoms with Crippen LogP contribution in [0.1, 0.15) is 125 Å². The van der Waals surface area contributed by atoms with Crippen LogP contribution in [-0.2, 0) is 39.9 Å². The fourth-order valence-corrected chi connectivity index (χ4v) is 12.3. The third-order valence-corrected chi connectivity index (χ3v) is 16.6. The molecule has 12 heteroatoms. The lowest BCUT2D eigenvalue weighted by atomic mass is 9.65. The molecule has 2 aliphatic carbocycles. The highest BCUT2D eigenvalue weighted by Crippen LogP contribution is 2.44. The molecule has 0 spiro atoms. The van der Waals surface area contributed by atoms with Crippen molar-refractivity contribution in [2.24, 2.45) is 41.4 Å². The first-order valence-electron chi connectivity index (χ1n) is 25.6. The van der Waals surface area contributed by atoms with E-state index in [2.05, 4.69) is 62.4 Å². The zero-order valence-electron chi connectivity index (χ0n) is 42.5. The number of hydrogen-bond acceptors (Lipinski definition) is 10. The van der Waals surface area contributed by atoms with Crippen LogP contribution in [0.4, 0.5) is 0 Å². The van der Waals surface area contributed by atoms with Gasteiger partial charge in [-0.15, -0.1) is 6.58 Å². The van der Waals surface area contributed by atoms with E-state index in [1.165, 1.54) is 10.4 Å². The number of fused-ring (bicyclic) bond motifs is 4. The third kappa shape index (κ3) is 12.0. The summed E-state index contributed by atoms with van der Waals surface area (Å²) in [6.07, 6.45) is 12.1. The number of rotatable bonds is 10. The van der Waals surface area contributed by atoms with Gasteiger partial charge in [0.25, 0.3) is 11.7 Å². The van der Waals surface area contributed by atoms with Gasteiger partial charge in [-0.25, -0.2) is 0 Å². The number of carbonyl (C=O) groups excluding carboxylic acids is 4. The number of ether oxygens (including phenoxy) is 4. The molecular formula is C56H82N2O10. The number of hydrogen-bond donors (Lipinski definition) is 2.